The Morgan fingerprint density at radius 3 is 2.24 bits per heavy atom. The largest absolute Gasteiger partial charge is 0.496 e. The summed E-state index contributed by atoms with van der Waals surface area (Å²) in [4.78, 5) is 25.7. The van der Waals surface area contributed by atoms with Crippen LogP contribution < -0.4 is 20.3 Å². The van der Waals surface area contributed by atoms with E-state index in [9.17, 15) is 4.79 Å². The van der Waals surface area contributed by atoms with Crippen LogP contribution in [0.3, 0.4) is 0 Å². The molecule has 0 bridgehead atoms. The molecule has 0 aromatic heterocycles. The van der Waals surface area contributed by atoms with Gasteiger partial charge in [0.1, 0.15) is 11.5 Å². The SMILES string of the molecule is COc1ccccc1CNNC(=O)[C@@]1(Cc2ccccc2CN=[N+]=[N-])N=C(c2ccc(OCCCO)cc2)O[C@H]1c1ccccc1CN=[N+]=[N-]. The summed E-state index contributed by atoms with van der Waals surface area (Å²) in [5.41, 5.74) is 26.8. The van der Waals surface area contributed by atoms with Gasteiger partial charge >= 0.3 is 0 Å². The van der Waals surface area contributed by atoms with E-state index in [0.717, 1.165) is 16.7 Å². The van der Waals surface area contributed by atoms with Gasteiger partial charge in [0.05, 0.1) is 26.8 Å². The van der Waals surface area contributed by atoms with Gasteiger partial charge in [-0.05, 0) is 63.6 Å². The quantitative estimate of drug-likeness (QED) is 0.0380. The summed E-state index contributed by atoms with van der Waals surface area (Å²) in [6.07, 6.45) is -0.402. The number of nitrogens with zero attached hydrogens (tertiary/aromatic N) is 7. The third kappa shape index (κ3) is 8.32. The minimum Gasteiger partial charge on any atom is -0.496 e. The van der Waals surface area contributed by atoms with Crippen LogP contribution in [-0.2, 0) is 35.6 Å². The van der Waals surface area contributed by atoms with Crippen LogP contribution >= 0.6 is 0 Å². The molecule has 4 aromatic carbocycles. The van der Waals surface area contributed by atoms with Crippen molar-refractivity contribution in [2.24, 2.45) is 15.2 Å². The highest BCUT2D eigenvalue weighted by molar-refractivity contribution is 6.01. The number of aliphatic imine (C=N–C) groups is 1. The molecule has 0 saturated heterocycles. The lowest BCUT2D eigenvalue weighted by Gasteiger charge is -2.32. The number of amides is 1. The second kappa shape index (κ2) is 17.4. The van der Waals surface area contributed by atoms with E-state index >= 15 is 0 Å². The average Bonchev–Trinajstić information content (AvgIpc) is 3.54. The van der Waals surface area contributed by atoms with Crippen LogP contribution in [-0.4, -0.2) is 42.8 Å². The summed E-state index contributed by atoms with van der Waals surface area (Å²) < 4.78 is 17.9. The number of rotatable bonds is 17. The number of aliphatic hydroxyl groups is 1. The molecule has 1 amide bonds. The Morgan fingerprint density at radius 1 is 0.900 bits per heavy atom. The lowest BCUT2D eigenvalue weighted by Crippen LogP contribution is -2.54. The Kier molecular flexibility index (Phi) is 12.3. The maximum Gasteiger partial charge on any atom is 0.266 e. The van der Waals surface area contributed by atoms with Crippen molar-refractivity contribution >= 4 is 11.8 Å². The number of carbonyl (C=O) groups excluding carboxylic acids is 1. The summed E-state index contributed by atoms with van der Waals surface area (Å²) in [6, 6.07) is 29.3. The molecule has 0 unspecified atom stereocenters. The van der Waals surface area contributed by atoms with E-state index in [-0.39, 0.29) is 38.6 Å². The van der Waals surface area contributed by atoms with Gasteiger partial charge in [0, 0.05) is 46.9 Å². The van der Waals surface area contributed by atoms with Crippen molar-refractivity contribution in [3.05, 3.63) is 151 Å². The first-order chi connectivity index (χ1) is 24.5. The number of benzene rings is 4. The molecule has 5 rings (SSSR count). The number of ether oxygens (including phenoxy) is 3. The van der Waals surface area contributed by atoms with E-state index in [1.165, 1.54) is 0 Å². The van der Waals surface area contributed by atoms with Crippen molar-refractivity contribution in [1.29, 1.82) is 0 Å². The molecule has 1 aliphatic heterocycles. The Labute approximate surface area is 289 Å². The normalized spacial score (nSPS) is 16.3. The third-order valence-electron chi connectivity index (χ3n) is 8.23. The van der Waals surface area contributed by atoms with Crippen LogP contribution in [0.5, 0.6) is 11.5 Å². The summed E-state index contributed by atoms with van der Waals surface area (Å²) in [5, 5.41) is 16.7. The maximum absolute atomic E-state index is 14.7. The van der Waals surface area contributed by atoms with Gasteiger partial charge in [0.25, 0.3) is 5.91 Å². The van der Waals surface area contributed by atoms with Crippen molar-refractivity contribution in [3.8, 4) is 11.5 Å². The van der Waals surface area contributed by atoms with Crippen LogP contribution in [0.4, 0.5) is 0 Å². The van der Waals surface area contributed by atoms with Crippen LogP contribution in [0.25, 0.3) is 20.9 Å². The lowest BCUT2D eigenvalue weighted by atomic mass is 9.80. The highest BCUT2D eigenvalue weighted by Gasteiger charge is 2.54. The molecule has 0 radical (unpaired) electrons. The number of azide groups is 2. The first-order valence-electron chi connectivity index (χ1n) is 15.9. The molecule has 0 aliphatic carbocycles. The van der Waals surface area contributed by atoms with Crippen molar-refractivity contribution in [1.82, 2.24) is 10.9 Å². The smallest absolute Gasteiger partial charge is 0.266 e. The van der Waals surface area contributed by atoms with Crippen molar-refractivity contribution in [2.45, 2.75) is 44.1 Å². The maximum atomic E-state index is 14.7. The Balaban J connectivity index is 1.61. The van der Waals surface area contributed by atoms with E-state index in [1.54, 1.807) is 31.4 Å². The van der Waals surface area contributed by atoms with Crippen LogP contribution in [0, 0.1) is 0 Å². The van der Waals surface area contributed by atoms with Crippen LogP contribution in [0.2, 0.25) is 0 Å². The van der Waals surface area contributed by atoms with E-state index < -0.39 is 17.6 Å². The number of hydrogen-bond acceptors (Lipinski definition) is 9. The molecule has 0 fully saturated rings. The molecule has 1 heterocycles. The van der Waals surface area contributed by atoms with Crippen LogP contribution in [0.15, 0.2) is 112 Å². The number of carbonyl (C=O) groups is 1. The zero-order valence-corrected chi connectivity index (χ0v) is 27.5. The van der Waals surface area contributed by atoms with Gasteiger partial charge in [-0.2, -0.15) is 0 Å². The third-order valence-corrected chi connectivity index (χ3v) is 8.23. The van der Waals surface area contributed by atoms with Crippen molar-refractivity contribution in [2.75, 3.05) is 20.3 Å². The fraction of sp³-hybridized carbons (Fsp3) is 0.278. The van der Waals surface area contributed by atoms with Gasteiger partial charge in [-0.15, -0.1) is 0 Å². The van der Waals surface area contributed by atoms with Crippen LogP contribution in [0.1, 0.15) is 45.9 Å². The Morgan fingerprint density at radius 2 is 1.54 bits per heavy atom. The number of hydrazine groups is 1. The van der Waals surface area contributed by atoms with Gasteiger partial charge in [-0.25, -0.2) is 10.4 Å². The van der Waals surface area contributed by atoms with Gasteiger partial charge < -0.3 is 19.3 Å². The molecular weight excluding hydrogens is 638 g/mol. The average molecular weight is 676 g/mol. The van der Waals surface area contributed by atoms with Crippen molar-refractivity contribution in [3.63, 3.8) is 0 Å². The highest BCUT2D eigenvalue weighted by Crippen LogP contribution is 2.44. The molecule has 50 heavy (non-hydrogen) atoms. The molecule has 4 aromatic rings. The van der Waals surface area contributed by atoms with E-state index in [2.05, 4.69) is 30.9 Å². The van der Waals surface area contributed by atoms with Gasteiger partial charge in [0.15, 0.2) is 11.6 Å². The molecule has 0 saturated carbocycles. The number of nitrogens with one attached hydrogen (secondary N) is 2. The fourth-order valence-electron chi connectivity index (χ4n) is 5.76. The minimum atomic E-state index is -1.60. The van der Waals surface area contributed by atoms with E-state index in [0.29, 0.717) is 41.2 Å². The topological polar surface area (TPSA) is 199 Å². The number of para-hydroxylation sites is 1. The second-order valence-corrected chi connectivity index (χ2v) is 11.3. The molecule has 2 atom stereocenters. The lowest BCUT2D eigenvalue weighted by molar-refractivity contribution is -0.130. The Bertz CT molecular complexity index is 1910. The first-order valence-corrected chi connectivity index (χ1v) is 15.9. The monoisotopic (exact) mass is 675 g/mol. The molecule has 3 N–H and O–H groups in total. The summed E-state index contributed by atoms with van der Waals surface area (Å²) in [7, 11) is 1.58. The molecule has 256 valence electrons. The van der Waals surface area contributed by atoms with E-state index in [1.807, 2.05) is 72.8 Å². The Hall–Kier alpha value is -6.04. The minimum absolute atomic E-state index is 0.0230. The predicted octanol–water partition coefficient (Wildman–Crippen LogP) is 6.40. The molecule has 14 heteroatoms. The standard InChI is InChI=1S/C36H37N9O5/c1-48-32-14-7-5-12-29(32)24-39-43-35(47)36(21-26-9-2-3-10-27(26)22-40-44-37)33(31-13-6-4-11-28(31)23-41-45-38)50-34(42-36)25-15-17-30(18-16-25)49-20-8-19-46/h2-7,9-18,33,39,46H,8,19-24H2,1H3,(H,43,47)/t33-,36-/m0/s1. The first kappa shape index (κ1) is 35.3. The van der Waals surface area contributed by atoms with Gasteiger partial charge in [-0.3, -0.25) is 10.2 Å². The predicted molar refractivity (Wildman–Crippen MR) is 187 cm³/mol. The van der Waals surface area contributed by atoms with Crippen molar-refractivity contribution < 1.29 is 24.1 Å². The molecule has 14 nitrogen and oxygen atoms in total. The molecular formula is C36H37N9O5. The summed E-state index contributed by atoms with van der Waals surface area (Å²) >= 11 is 0. The van der Waals surface area contributed by atoms with Gasteiger partial charge in [-0.1, -0.05) is 77.0 Å². The van der Waals surface area contributed by atoms with Gasteiger partial charge in [0.2, 0.25) is 5.90 Å². The molecule has 1 aliphatic rings. The van der Waals surface area contributed by atoms with E-state index in [4.69, 9.17) is 35.4 Å². The summed E-state index contributed by atoms with van der Waals surface area (Å²) in [5.74, 6) is 1.01. The zero-order valence-electron chi connectivity index (χ0n) is 27.5. The second-order valence-electron chi connectivity index (χ2n) is 11.3. The molecule has 0 spiro atoms. The number of aliphatic hydroxyl groups excluding tert-OH is 1. The number of methoxy groups -OCH3 is 1. The fourth-order valence-corrected chi connectivity index (χ4v) is 5.76. The highest BCUT2D eigenvalue weighted by atomic mass is 16.5. The zero-order chi connectivity index (χ0) is 35.2. The summed E-state index contributed by atoms with van der Waals surface area (Å²) in [6.45, 7) is 0.738. The number of hydrogen-bond donors (Lipinski definition) is 3.